The van der Waals surface area contributed by atoms with Gasteiger partial charge in [0.2, 0.25) is 0 Å². The molecule has 2 aromatic rings. The van der Waals surface area contributed by atoms with E-state index in [2.05, 4.69) is 10.6 Å². The average molecular weight is 340 g/mol. The average Bonchev–Trinajstić information content (AvgIpc) is 2.65. The number of methoxy groups -OCH3 is 1. The normalized spacial score (nSPS) is 12.9. The van der Waals surface area contributed by atoms with Gasteiger partial charge in [-0.05, 0) is 31.0 Å². The summed E-state index contributed by atoms with van der Waals surface area (Å²) in [6.45, 7) is 4.15. The summed E-state index contributed by atoms with van der Waals surface area (Å²) in [7, 11) is 1.61. The van der Waals surface area contributed by atoms with Crippen molar-refractivity contribution in [1.82, 2.24) is 5.32 Å². The van der Waals surface area contributed by atoms with E-state index in [0.717, 1.165) is 11.1 Å². The molecule has 0 radical (unpaired) electrons. The molecule has 25 heavy (non-hydrogen) atoms. The van der Waals surface area contributed by atoms with E-state index >= 15 is 0 Å². The summed E-state index contributed by atoms with van der Waals surface area (Å²) in [6, 6.07) is 16.9. The fourth-order valence-electron chi connectivity index (χ4n) is 2.64. The molecule has 2 rings (SSSR count). The molecule has 5 nitrogen and oxygen atoms in total. The van der Waals surface area contributed by atoms with Gasteiger partial charge >= 0.3 is 11.8 Å². The van der Waals surface area contributed by atoms with Gasteiger partial charge in [-0.1, -0.05) is 55.0 Å². The minimum absolute atomic E-state index is 0.212. The lowest BCUT2D eigenvalue weighted by Crippen LogP contribution is -2.45. The fourth-order valence-corrected chi connectivity index (χ4v) is 2.64. The highest BCUT2D eigenvalue weighted by Gasteiger charge is 2.31. The summed E-state index contributed by atoms with van der Waals surface area (Å²) in [5.41, 5.74) is 1.96. The molecule has 0 aliphatic rings. The number of carbonyl (C=O) groups excluding carboxylic acids is 2. The molecule has 0 aromatic heterocycles. The van der Waals surface area contributed by atoms with Crippen LogP contribution in [0.2, 0.25) is 0 Å². The number of ether oxygens (including phenoxy) is 1. The van der Waals surface area contributed by atoms with Crippen molar-refractivity contribution < 1.29 is 14.3 Å². The first-order valence-corrected chi connectivity index (χ1v) is 8.27. The molecule has 5 heteroatoms. The van der Waals surface area contributed by atoms with Crippen molar-refractivity contribution in [3.8, 4) is 0 Å². The van der Waals surface area contributed by atoms with E-state index < -0.39 is 17.4 Å². The van der Waals surface area contributed by atoms with Crippen LogP contribution in [-0.2, 0) is 19.9 Å². The molecule has 1 atom stereocenters. The highest BCUT2D eigenvalue weighted by Crippen LogP contribution is 2.28. The van der Waals surface area contributed by atoms with Crippen molar-refractivity contribution in [2.75, 3.05) is 19.0 Å². The zero-order valence-corrected chi connectivity index (χ0v) is 14.8. The molecule has 0 bridgehead atoms. The van der Waals surface area contributed by atoms with Crippen molar-refractivity contribution >= 4 is 17.5 Å². The van der Waals surface area contributed by atoms with Crippen LogP contribution in [0.15, 0.2) is 54.6 Å². The molecule has 1 unspecified atom stereocenters. The highest BCUT2D eigenvalue weighted by atomic mass is 16.5. The number of aryl methyl sites for hydroxylation is 1. The lowest BCUT2D eigenvalue weighted by atomic mass is 9.90. The maximum atomic E-state index is 12.1. The predicted molar refractivity (Wildman–Crippen MR) is 98.2 cm³/mol. The molecule has 0 saturated heterocycles. The van der Waals surface area contributed by atoms with E-state index in [4.69, 9.17) is 4.74 Å². The summed E-state index contributed by atoms with van der Waals surface area (Å²) in [4.78, 5) is 24.2. The molecule has 0 aliphatic carbocycles. The van der Waals surface area contributed by atoms with Crippen LogP contribution in [0.1, 0.15) is 24.5 Å². The molecule has 2 aromatic carbocycles. The van der Waals surface area contributed by atoms with Crippen molar-refractivity contribution in [2.24, 2.45) is 0 Å². The van der Waals surface area contributed by atoms with Crippen LogP contribution < -0.4 is 10.6 Å². The van der Waals surface area contributed by atoms with Crippen molar-refractivity contribution in [2.45, 2.75) is 25.9 Å². The Kier molecular flexibility index (Phi) is 6.31. The van der Waals surface area contributed by atoms with Gasteiger partial charge in [-0.25, -0.2) is 0 Å². The smallest absolute Gasteiger partial charge is 0.313 e. The molecular weight excluding hydrogens is 316 g/mol. The largest absolute Gasteiger partial charge is 0.372 e. The number of hydrogen-bond donors (Lipinski definition) is 2. The van der Waals surface area contributed by atoms with Gasteiger partial charge in [0, 0.05) is 12.8 Å². The molecular formula is C20H24N2O3. The zero-order valence-electron chi connectivity index (χ0n) is 14.8. The van der Waals surface area contributed by atoms with E-state index in [0.29, 0.717) is 12.1 Å². The Morgan fingerprint density at radius 1 is 1.00 bits per heavy atom. The molecule has 0 spiro atoms. The number of benzene rings is 2. The SMILES string of the molecule is CCC(CNC(=O)C(=O)Nc1ccc(C)cc1)(OC)c1ccccc1. The number of carbonyl (C=O) groups is 2. The van der Waals surface area contributed by atoms with Crippen LogP contribution in [0, 0.1) is 6.92 Å². The Hall–Kier alpha value is -2.66. The zero-order chi connectivity index (χ0) is 18.3. The van der Waals surface area contributed by atoms with Crippen LogP contribution in [0.25, 0.3) is 0 Å². The van der Waals surface area contributed by atoms with Crippen molar-refractivity contribution in [3.05, 3.63) is 65.7 Å². The quantitative estimate of drug-likeness (QED) is 0.795. The predicted octanol–water partition coefficient (Wildman–Crippen LogP) is 3.00. The van der Waals surface area contributed by atoms with Gasteiger partial charge in [-0.3, -0.25) is 9.59 Å². The van der Waals surface area contributed by atoms with E-state index in [1.54, 1.807) is 19.2 Å². The summed E-state index contributed by atoms with van der Waals surface area (Å²) in [5.74, 6) is -1.38. The van der Waals surface area contributed by atoms with Gasteiger partial charge in [0.25, 0.3) is 0 Å². The third-order valence-electron chi connectivity index (χ3n) is 4.31. The Bertz CT molecular complexity index is 707. The third kappa shape index (κ3) is 4.67. The van der Waals surface area contributed by atoms with E-state index in [9.17, 15) is 9.59 Å². The minimum atomic E-state index is -0.696. The topological polar surface area (TPSA) is 67.4 Å². The maximum Gasteiger partial charge on any atom is 0.313 e. The lowest BCUT2D eigenvalue weighted by Gasteiger charge is -2.32. The summed E-state index contributed by atoms with van der Waals surface area (Å²) >= 11 is 0. The molecule has 2 N–H and O–H groups in total. The monoisotopic (exact) mass is 340 g/mol. The number of anilines is 1. The molecule has 0 heterocycles. The second kappa shape index (κ2) is 8.44. The van der Waals surface area contributed by atoms with Gasteiger partial charge in [0.05, 0.1) is 6.54 Å². The standard InChI is InChI=1S/C20H24N2O3/c1-4-20(25-3,16-8-6-5-7-9-16)14-21-18(23)19(24)22-17-12-10-15(2)11-13-17/h5-13H,4,14H2,1-3H3,(H,21,23)(H,22,24). The number of hydrogen-bond acceptors (Lipinski definition) is 3. The van der Waals surface area contributed by atoms with E-state index in [1.165, 1.54) is 0 Å². The van der Waals surface area contributed by atoms with Crippen LogP contribution in [-0.4, -0.2) is 25.5 Å². The molecule has 0 fully saturated rings. The molecule has 132 valence electrons. The molecule has 0 aliphatic heterocycles. The first-order chi connectivity index (χ1) is 12.0. The van der Waals surface area contributed by atoms with Crippen molar-refractivity contribution in [1.29, 1.82) is 0 Å². The molecule has 0 saturated carbocycles. The van der Waals surface area contributed by atoms with Gasteiger partial charge in [-0.15, -0.1) is 0 Å². The first-order valence-electron chi connectivity index (χ1n) is 8.27. The maximum absolute atomic E-state index is 12.1. The Morgan fingerprint density at radius 3 is 2.20 bits per heavy atom. The second-order valence-electron chi connectivity index (χ2n) is 5.92. The third-order valence-corrected chi connectivity index (χ3v) is 4.31. The van der Waals surface area contributed by atoms with Gasteiger partial charge < -0.3 is 15.4 Å². The van der Waals surface area contributed by atoms with E-state index in [-0.39, 0.29) is 6.54 Å². The van der Waals surface area contributed by atoms with Gasteiger partial charge in [0.1, 0.15) is 5.60 Å². The van der Waals surface area contributed by atoms with Crippen LogP contribution in [0.5, 0.6) is 0 Å². The minimum Gasteiger partial charge on any atom is -0.372 e. The lowest BCUT2D eigenvalue weighted by molar-refractivity contribution is -0.137. The summed E-state index contributed by atoms with van der Waals surface area (Å²) in [6.07, 6.45) is 0.660. The number of nitrogens with one attached hydrogen (secondary N) is 2. The Morgan fingerprint density at radius 2 is 1.64 bits per heavy atom. The second-order valence-corrected chi connectivity index (χ2v) is 5.92. The van der Waals surface area contributed by atoms with Crippen LogP contribution in [0.3, 0.4) is 0 Å². The summed E-state index contributed by atoms with van der Waals surface area (Å²) < 4.78 is 5.69. The Balaban J connectivity index is 2.01. The fraction of sp³-hybridized carbons (Fsp3) is 0.300. The summed E-state index contributed by atoms with van der Waals surface area (Å²) in [5, 5.41) is 5.27. The van der Waals surface area contributed by atoms with Gasteiger partial charge in [0.15, 0.2) is 0 Å². The number of amides is 2. The van der Waals surface area contributed by atoms with Crippen LogP contribution >= 0.6 is 0 Å². The Labute approximate surface area is 148 Å². The molecule has 2 amide bonds. The van der Waals surface area contributed by atoms with Crippen molar-refractivity contribution in [3.63, 3.8) is 0 Å². The first kappa shape index (κ1) is 18.7. The van der Waals surface area contributed by atoms with Gasteiger partial charge in [-0.2, -0.15) is 0 Å². The van der Waals surface area contributed by atoms with Crippen LogP contribution in [0.4, 0.5) is 5.69 Å². The number of rotatable bonds is 6. The highest BCUT2D eigenvalue weighted by molar-refractivity contribution is 6.39. The van der Waals surface area contributed by atoms with E-state index in [1.807, 2.05) is 56.3 Å².